The second-order valence-corrected chi connectivity index (χ2v) is 4.10. The Kier molecular flexibility index (Phi) is 5.14. The maximum absolute atomic E-state index is 8.72. The van der Waals surface area contributed by atoms with Crippen LogP contribution in [0, 0.1) is 0 Å². The number of rotatable bonds is 6. The van der Waals surface area contributed by atoms with E-state index in [-0.39, 0.29) is 6.61 Å². The highest BCUT2D eigenvalue weighted by Crippen LogP contribution is 2.05. The van der Waals surface area contributed by atoms with Crippen LogP contribution in [0.1, 0.15) is 12.0 Å². The Morgan fingerprint density at radius 1 is 1.19 bits per heavy atom. The van der Waals surface area contributed by atoms with Gasteiger partial charge in [0.15, 0.2) is 0 Å². The van der Waals surface area contributed by atoms with Gasteiger partial charge in [-0.3, -0.25) is 0 Å². The highest BCUT2D eigenvalue weighted by molar-refractivity contribution is 5.26. The number of hydrogen-bond acceptors (Lipinski definition) is 5. The summed E-state index contributed by atoms with van der Waals surface area (Å²) in [5, 5.41) is 8.72. The molecule has 0 aliphatic heterocycles. The summed E-state index contributed by atoms with van der Waals surface area (Å²) in [5.74, 6) is 0.724. The summed E-state index contributed by atoms with van der Waals surface area (Å²) >= 11 is 0. The van der Waals surface area contributed by atoms with E-state index in [2.05, 4.69) is 14.9 Å². The Hall–Kier alpha value is -1.20. The van der Waals surface area contributed by atoms with Gasteiger partial charge >= 0.3 is 0 Å². The molecule has 0 bridgehead atoms. The standard InChI is InChI=1S/C11H20N4O/c1-14(2)11-12-7-10(8-13-11)9-15(3)5-4-6-16/h7-8,16H,4-6,9H2,1-3H3. The van der Waals surface area contributed by atoms with Crippen molar-refractivity contribution >= 4 is 5.95 Å². The number of aromatic nitrogens is 2. The molecule has 0 fully saturated rings. The average molecular weight is 224 g/mol. The fourth-order valence-corrected chi connectivity index (χ4v) is 1.39. The molecule has 1 rings (SSSR count). The van der Waals surface area contributed by atoms with Gasteiger partial charge in [0.1, 0.15) is 0 Å². The molecule has 0 amide bonds. The third-order valence-corrected chi connectivity index (χ3v) is 2.24. The maximum atomic E-state index is 8.72. The summed E-state index contributed by atoms with van der Waals surface area (Å²) in [6.07, 6.45) is 4.49. The molecule has 90 valence electrons. The van der Waals surface area contributed by atoms with E-state index >= 15 is 0 Å². The zero-order chi connectivity index (χ0) is 12.0. The summed E-state index contributed by atoms with van der Waals surface area (Å²) in [6, 6.07) is 0. The van der Waals surface area contributed by atoms with Crippen LogP contribution in [0.2, 0.25) is 0 Å². The normalized spacial score (nSPS) is 10.8. The van der Waals surface area contributed by atoms with E-state index in [9.17, 15) is 0 Å². The Morgan fingerprint density at radius 3 is 2.31 bits per heavy atom. The van der Waals surface area contributed by atoms with Gasteiger partial charge in [0.05, 0.1) is 0 Å². The molecule has 0 unspecified atom stereocenters. The highest BCUT2D eigenvalue weighted by atomic mass is 16.3. The summed E-state index contributed by atoms with van der Waals surface area (Å²) < 4.78 is 0. The van der Waals surface area contributed by atoms with E-state index < -0.39 is 0 Å². The number of anilines is 1. The summed E-state index contributed by atoms with van der Waals surface area (Å²) in [6.45, 7) is 1.93. The molecule has 1 aromatic rings. The molecule has 0 aromatic carbocycles. The molecule has 5 nitrogen and oxygen atoms in total. The van der Waals surface area contributed by atoms with Gasteiger partial charge in [0, 0.05) is 51.7 Å². The van der Waals surface area contributed by atoms with E-state index in [1.54, 1.807) is 0 Å². The van der Waals surface area contributed by atoms with Crippen LogP contribution in [0.25, 0.3) is 0 Å². The predicted octanol–water partition coefficient (Wildman–Crippen LogP) is 0.357. The van der Waals surface area contributed by atoms with Crippen molar-refractivity contribution < 1.29 is 5.11 Å². The zero-order valence-corrected chi connectivity index (χ0v) is 10.2. The van der Waals surface area contributed by atoms with E-state index in [1.165, 1.54) is 0 Å². The minimum atomic E-state index is 0.237. The molecule has 0 aliphatic rings. The lowest BCUT2D eigenvalue weighted by atomic mass is 10.3. The fraction of sp³-hybridized carbons (Fsp3) is 0.636. The third kappa shape index (κ3) is 4.12. The van der Waals surface area contributed by atoms with Crippen molar-refractivity contribution in [3.8, 4) is 0 Å². The molecule has 1 N–H and O–H groups in total. The highest BCUT2D eigenvalue weighted by Gasteiger charge is 2.02. The predicted molar refractivity (Wildman–Crippen MR) is 64.4 cm³/mol. The zero-order valence-electron chi connectivity index (χ0n) is 10.2. The monoisotopic (exact) mass is 224 g/mol. The quantitative estimate of drug-likeness (QED) is 0.756. The first kappa shape index (κ1) is 12.9. The van der Waals surface area contributed by atoms with E-state index in [1.807, 2.05) is 38.4 Å². The first-order valence-corrected chi connectivity index (χ1v) is 5.41. The molecular weight excluding hydrogens is 204 g/mol. The van der Waals surface area contributed by atoms with Gasteiger partial charge in [-0.05, 0) is 13.5 Å². The minimum absolute atomic E-state index is 0.237. The molecule has 5 heteroatoms. The van der Waals surface area contributed by atoms with E-state index in [0.717, 1.165) is 31.0 Å². The molecule has 0 saturated heterocycles. The van der Waals surface area contributed by atoms with Crippen LogP contribution >= 0.6 is 0 Å². The second-order valence-electron chi connectivity index (χ2n) is 4.10. The topological polar surface area (TPSA) is 52.5 Å². The Bertz CT molecular complexity index is 299. The summed E-state index contributed by atoms with van der Waals surface area (Å²) in [7, 11) is 5.86. The van der Waals surface area contributed by atoms with Crippen molar-refractivity contribution in [1.29, 1.82) is 0 Å². The number of aliphatic hydroxyl groups is 1. The smallest absolute Gasteiger partial charge is 0.224 e. The molecule has 16 heavy (non-hydrogen) atoms. The van der Waals surface area contributed by atoms with Crippen molar-refractivity contribution in [3.63, 3.8) is 0 Å². The van der Waals surface area contributed by atoms with Crippen molar-refractivity contribution in [3.05, 3.63) is 18.0 Å². The van der Waals surface area contributed by atoms with Crippen molar-refractivity contribution in [2.45, 2.75) is 13.0 Å². The Balaban J connectivity index is 2.48. The van der Waals surface area contributed by atoms with Crippen LogP contribution in [0.15, 0.2) is 12.4 Å². The Morgan fingerprint density at radius 2 is 1.81 bits per heavy atom. The van der Waals surface area contributed by atoms with Gasteiger partial charge in [-0.15, -0.1) is 0 Å². The molecule has 1 aromatic heterocycles. The SMILES string of the molecule is CN(CCCO)Cc1cnc(N(C)C)nc1. The van der Waals surface area contributed by atoms with Crippen LogP contribution < -0.4 is 4.90 Å². The van der Waals surface area contributed by atoms with Gasteiger partial charge in [-0.1, -0.05) is 0 Å². The Labute approximate surface area is 96.7 Å². The number of nitrogens with zero attached hydrogens (tertiary/aromatic N) is 4. The molecule has 1 heterocycles. The summed E-state index contributed by atoms with van der Waals surface area (Å²) in [4.78, 5) is 12.5. The van der Waals surface area contributed by atoms with Gasteiger partial charge in [0.2, 0.25) is 5.95 Å². The van der Waals surface area contributed by atoms with Crippen LogP contribution in [0.4, 0.5) is 5.95 Å². The van der Waals surface area contributed by atoms with Crippen LogP contribution in [0.5, 0.6) is 0 Å². The van der Waals surface area contributed by atoms with Gasteiger partial charge < -0.3 is 14.9 Å². The van der Waals surface area contributed by atoms with E-state index in [4.69, 9.17) is 5.11 Å². The number of aliphatic hydroxyl groups excluding tert-OH is 1. The first-order chi connectivity index (χ1) is 7.63. The second kappa shape index (κ2) is 6.40. The third-order valence-electron chi connectivity index (χ3n) is 2.24. The maximum Gasteiger partial charge on any atom is 0.224 e. The van der Waals surface area contributed by atoms with Crippen LogP contribution in [-0.4, -0.2) is 54.3 Å². The first-order valence-electron chi connectivity index (χ1n) is 5.41. The molecular formula is C11H20N4O. The minimum Gasteiger partial charge on any atom is -0.396 e. The average Bonchev–Trinajstić information content (AvgIpc) is 2.27. The fourth-order valence-electron chi connectivity index (χ4n) is 1.39. The van der Waals surface area contributed by atoms with Gasteiger partial charge in [-0.25, -0.2) is 9.97 Å². The molecule has 0 saturated carbocycles. The lowest BCUT2D eigenvalue weighted by molar-refractivity contribution is 0.244. The van der Waals surface area contributed by atoms with Crippen molar-refractivity contribution in [2.24, 2.45) is 0 Å². The van der Waals surface area contributed by atoms with Gasteiger partial charge in [-0.2, -0.15) is 0 Å². The molecule has 0 spiro atoms. The summed E-state index contributed by atoms with van der Waals surface area (Å²) in [5.41, 5.74) is 1.09. The molecule has 0 aliphatic carbocycles. The van der Waals surface area contributed by atoms with Crippen LogP contribution in [0.3, 0.4) is 0 Å². The number of hydrogen-bond donors (Lipinski definition) is 1. The lowest BCUT2D eigenvalue weighted by Crippen LogP contribution is -2.20. The van der Waals surface area contributed by atoms with Gasteiger partial charge in [0.25, 0.3) is 0 Å². The molecule has 0 atom stereocenters. The lowest BCUT2D eigenvalue weighted by Gasteiger charge is -2.16. The largest absolute Gasteiger partial charge is 0.396 e. The van der Waals surface area contributed by atoms with Crippen molar-refractivity contribution in [2.75, 3.05) is 39.2 Å². The van der Waals surface area contributed by atoms with E-state index in [0.29, 0.717) is 0 Å². The van der Waals surface area contributed by atoms with Crippen LogP contribution in [-0.2, 0) is 6.54 Å². The van der Waals surface area contributed by atoms with Crippen molar-refractivity contribution in [1.82, 2.24) is 14.9 Å². The molecule has 0 radical (unpaired) electrons.